The molecule has 0 aliphatic carbocycles. The molecule has 6 heteroatoms. The van der Waals surface area contributed by atoms with E-state index in [0.717, 1.165) is 17.3 Å². The molecular weight excluding hydrogens is 270 g/mol. The Labute approximate surface area is 123 Å². The normalized spacial score (nSPS) is 12.3. The van der Waals surface area contributed by atoms with Crippen LogP contribution in [0.5, 0.6) is 0 Å². The van der Waals surface area contributed by atoms with E-state index in [1.54, 1.807) is 0 Å². The average Bonchev–Trinajstić information content (AvgIpc) is 2.50. The zero-order chi connectivity index (χ0) is 15.2. The zero-order valence-electron chi connectivity index (χ0n) is 12.0. The number of benzene rings is 1. The molecule has 1 aromatic heterocycles. The van der Waals surface area contributed by atoms with Crippen molar-refractivity contribution in [1.29, 1.82) is 0 Å². The predicted octanol–water partition coefficient (Wildman–Crippen LogP) is 2.96. The van der Waals surface area contributed by atoms with Crippen LogP contribution in [0.15, 0.2) is 30.5 Å². The fraction of sp³-hybridized carbons (Fsp3) is 0.400. The van der Waals surface area contributed by atoms with Crippen molar-refractivity contribution in [3.8, 4) is 0 Å². The summed E-state index contributed by atoms with van der Waals surface area (Å²) < 4.78 is 0. The first-order chi connectivity index (χ1) is 10.2. The molecule has 0 spiro atoms. The quantitative estimate of drug-likeness (QED) is 0.604. The largest absolute Gasteiger partial charge is 0.396 e. The third kappa shape index (κ3) is 3.46. The lowest BCUT2D eigenvalue weighted by Gasteiger charge is -2.16. The summed E-state index contributed by atoms with van der Waals surface area (Å²) in [4.78, 5) is 14.9. The summed E-state index contributed by atoms with van der Waals surface area (Å²) in [6.45, 7) is 2.76. The third-order valence-electron chi connectivity index (χ3n) is 3.63. The minimum atomic E-state index is -0.422. The highest BCUT2D eigenvalue weighted by atomic mass is 16.6. The molecule has 2 N–H and O–H groups in total. The number of fused-ring (bicyclic) bond motifs is 1. The number of para-hydroxylation sites is 1. The summed E-state index contributed by atoms with van der Waals surface area (Å²) in [7, 11) is 0. The lowest BCUT2D eigenvalue weighted by Crippen LogP contribution is -2.16. The van der Waals surface area contributed by atoms with E-state index in [1.165, 1.54) is 6.20 Å². The van der Waals surface area contributed by atoms with E-state index in [4.69, 9.17) is 5.11 Å². The SMILES string of the molecule is CCC(CCO)CNc1c([N+](=O)[O-])cnc2ccccc12. The maximum atomic E-state index is 11.2. The molecule has 0 radical (unpaired) electrons. The van der Waals surface area contributed by atoms with Crippen molar-refractivity contribution < 1.29 is 10.0 Å². The number of pyridine rings is 1. The van der Waals surface area contributed by atoms with Crippen molar-refractivity contribution in [2.75, 3.05) is 18.5 Å². The van der Waals surface area contributed by atoms with Gasteiger partial charge in [0.2, 0.25) is 0 Å². The van der Waals surface area contributed by atoms with Crippen LogP contribution in [-0.2, 0) is 0 Å². The van der Waals surface area contributed by atoms with Crippen LogP contribution in [0.4, 0.5) is 11.4 Å². The topological polar surface area (TPSA) is 88.3 Å². The lowest BCUT2D eigenvalue weighted by molar-refractivity contribution is -0.384. The molecular formula is C15H19N3O3. The van der Waals surface area contributed by atoms with Gasteiger partial charge < -0.3 is 10.4 Å². The Kier molecular flexibility index (Phi) is 5.05. The fourth-order valence-electron chi connectivity index (χ4n) is 2.33. The molecule has 0 bridgehead atoms. The standard InChI is InChI=1S/C15H19N3O3/c1-2-11(7-8-19)9-17-15-12-5-3-4-6-13(12)16-10-14(15)18(20)21/h3-6,10-11,19H,2,7-9H2,1H3,(H,16,17). The van der Waals surface area contributed by atoms with Crippen LogP contribution in [0.25, 0.3) is 10.9 Å². The maximum Gasteiger partial charge on any atom is 0.311 e. The maximum absolute atomic E-state index is 11.2. The first-order valence-corrected chi connectivity index (χ1v) is 7.04. The van der Waals surface area contributed by atoms with Crippen molar-refractivity contribution in [2.24, 2.45) is 5.92 Å². The van der Waals surface area contributed by atoms with E-state index < -0.39 is 4.92 Å². The Morgan fingerprint density at radius 1 is 1.43 bits per heavy atom. The van der Waals surface area contributed by atoms with Gasteiger partial charge in [0.1, 0.15) is 11.9 Å². The summed E-state index contributed by atoms with van der Waals surface area (Å²) in [5, 5.41) is 24.1. The molecule has 2 rings (SSSR count). The molecule has 1 unspecified atom stereocenters. The highest BCUT2D eigenvalue weighted by Crippen LogP contribution is 2.31. The number of hydrogen-bond acceptors (Lipinski definition) is 5. The average molecular weight is 289 g/mol. The number of aliphatic hydroxyl groups is 1. The van der Waals surface area contributed by atoms with Crippen LogP contribution >= 0.6 is 0 Å². The predicted molar refractivity (Wildman–Crippen MR) is 82.4 cm³/mol. The zero-order valence-corrected chi connectivity index (χ0v) is 12.0. The third-order valence-corrected chi connectivity index (χ3v) is 3.63. The van der Waals surface area contributed by atoms with E-state index in [9.17, 15) is 10.1 Å². The summed E-state index contributed by atoms with van der Waals surface area (Å²) in [5.41, 5.74) is 1.20. The molecule has 0 amide bonds. The highest BCUT2D eigenvalue weighted by Gasteiger charge is 2.18. The van der Waals surface area contributed by atoms with Gasteiger partial charge in [-0.1, -0.05) is 31.5 Å². The second kappa shape index (κ2) is 6.99. The number of nitro groups is 1. The molecule has 0 saturated carbocycles. The Morgan fingerprint density at radius 2 is 2.19 bits per heavy atom. The van der Waals surface area contributed by atoms with Crippen molar-refractivity contribution in [2.45, 2.75) is 19.8 Å². The molecule has 1 atom stereocenters. The van der Waals surface area contributed by atoms with Gasteiger partial charge in [-0.05, 0) is 18.4 Å². The summed E-state index contributed by atoms with van der Waals surface area (Å²) >= 11 is 0. The molecule has 21 heavy (non-hydrogen) atoms. The van der Waals surface area contributed by atoms with Gasteiger partial charge in [-0.2, -0.15) is 0 Å². The van der Waals surface area contributed by atoms with Gasteiger partial charge in [0.25, 0.3) is 0 Å². The van der Waals surface area contributed by atoms with E-state index in [-0.39, 0.29) is 18.2 Å². The van der Waals surface area contributed by atoms with Crippen LogP contribution in [0, 0.1) is 16.0 Å². The molecule has 0 saturated heterocycles. The van der Waals surface area contributed by atoms with Gasteiger partial charge >= 0.3 is 5.69 Å². The molecule has 0 fully saturated rings. The van der Waals surface area contributed by atoms with E-state index in [2.05, 4.69) is 10.3 Å². The van der Waals surface area contributed by atoms with Gasteiger partial charge in [-0.25, -0.2) is 4.98 Å². The monoisotopic (exact) mass is 289 g/mol. The summed E-state index contributed by atoms with van der Waals surface area (Å²) in [5.74, 6) is 0.279. The first-order valence-electron chi connectivity index (χ1n) is 7.04. The summed E-state index contributed by atoms with van der Waals surface area (Å²) in [6, 6.07) is 7.34. The van der Waals surface area contributed by atoms with E-state index >= 15 is 0 Å². The Hall–Kier alpha value is -2.21. The Balaban J connectivity index is 2.35. The van der Waals surface area contributed by atoms with Crippen LogP contribution in [0.1, 0.15) is 19.8 Å². The van der Waals surface area contributed by atoms with Crippen molar-refractivity contribution in [3.63, 3.8) is 0 Å². The molecule has 6 nitrogen and oxygen atoms in total. The first kappa shape index (κ1) is 15.2. The number of nitrogens with one attached hydrogen (secondary N) is 1. The number of hydrogen-bond donors (Lipinski definition) is 2. The van der Waals surface area contributed by atoms with Gasteiger partial charge in [0.05, 0.1) is 10.4 Å². The fourth-order valence-corrected chi connectivity index (χ4v) is 2.33. The second-order valence-corrected chi connectivity index (χ2v) is 4.96. The summed E-state index contributed by atoms with van der Waals surface area (Å²) in [6.07, 6.45) is 2.88. The van der Waals surface area contributed by atoms with Crippen molar-refractivity contribution in [1.82, 2.24) is 4.98 Å². The van der Waals surface area contributed by atoms with Gasteiger partial charge in [0.15, 0.2) is 0 Å². The van der Waals surface area contributed by atoms with Gasteiger partial charge in [-0.3, -0.25) is 10.1 Å². The van der Waals surface area contributed by atoms with Crippen LogP contribution in [0.2, 0.25) is 0 Å². The smallest absolute Gasteiger partial charge is 0.311 e. The van der Waals surface area contributed by atoms with Crippen molar-refractivity contribution in [3.05, 3.63) is 40.6 Å². The van der Waals surface area contributed by atoms with Gasteiger partial charge in [0, 0.05) is 18.5 Å². The molecule has 0 aliphatic heterocycles. The molecule has 2 aromatic rings. The number of nitrogens with zero attached hydrogens (tertiary/aromatic N) is 2. The molecule has 1 heterocycles. The lowest BCUT2D eigenvalue weighted by atomic mass is 10.0. The van der Waals surface area contributed by atoms with E-state index in [1.807, 2.05) is 31.2 Å². The Bertz CT molecular complexity index is 631. The molecule has 1 aromatic carbocycles. The number of aliphatic hydroxyl groups excluding tert-OH is 1. The van der Waals surface area contributed by atoms with Crippen molar-refractivity contribution >= 4 is 22.3 Å². The van der Waals surface area contributed by atoms with E-state index in [0.29, 0.717) is 18.7 Å². The molecule has 0 aliphatic rings. The number of aromatic nitrogens is 1. The van der Waals surface area contributed by atoms with Crippen LogP contribution in [-0.4, -0.2) is 28.2 Å². The van der Waals surface area contributed by atoms with Gasteiger partial charge in [-0.15, -0.1) is 0 Å². The Morgan fingerprint density at radius 3 is 2.86 bits per heavy atom. The van der Waals surface area contributed by atoms with Crippen LogP contribution < -0.4 is 5.32 Å². The second-order valence-electron chi connectivity index (χ2n) is 4.96. The number of anilines is 1. The highest BCUT2D eigenvalue weighted by molar-refractivity contribution is 5.95. The number of rotatable bonds is 7. The minimum absolute atomic E-state index is 0.0208. The minimum Gasteiger partial charge on any atom is -0.396 e. The van der Waals surface area contributed by atoms with Crippen LogP contribution in [0.3, 0.4) is 0 Å². The molecule has 112 valence electrons.